The van der Waals surface area contributed by atoms with Crippen molar-refractivity contribution in [3.8, 4) is 5.75 Å². The first-order valence-electron chi connectivity index (χ1n) is 7.92. The van der Waals surface area contributed by atoms with Crippen LogP contribution in [0.25, 0.3) is 0 Å². The van der Waals surface area contributed by atoms with Crippen molar-refractivity contribution in [3.63, 3.8) is 0 Å². The molecule has 5 nitrogen and oxygen atoms in total. The number of nitrogens with zero attached hydrogens (tertiary/aromatic N) is 1. The number of aliphatic hydroxyl groups is 1. The fraction of sp³-hybridized carbons (Fsp3) is 0.588. The normalized spacial score (nSPS) is 18.4. The number of nitrogens with one attached hydrogen (secondary N) is 1. The van der Waals surface area contributed by atoms with Crippen LogP contribution in [0.3, 0.4) is 0 Å². The summed E-state index contributed by atoms with van der Waals surface area (Å²) in [5.41, 5.74) is 2.21. The summed E-state index contributed by atoms with van der Waals surface area (Å²) in [5.74, 6) is 0.891. The van der Waals surface area contributed by atoms with Gasteiger partial charge in [-0.2, -0.15) is 0 Å². The van der Waals surface area contributed by atoms with Crippen molar-refractivity contribution in [2.24, 2.45) is 0 Å². The molecule has 1 aliphatic rings. The van der Waals surface area contributed by atoms with Crippen molar-refractivity contribution in [2.45, 2.75) is 32.7 Å². The zero-order chi connectivity index (χ0) is 15.9. The second-order valence-corrected chi connectivity index (χ2v) is 5.87. The Morgan fingerprint density at radius 3 is 2.82 bits per heavy atom. The first-order valence-corrected chi connectivity index (χ1v) is 7.92. The van der Waals surface area contributed by atoms with E-state index in [9.17, 15) is 9.90 Å². The first-order chi connectivity index (χ1) is 10.6. The molecule has 0 unspecified atom stereocenters. The van der Waals surface area contributed by atoms with Crippen LogP contribution in [-0.2, 0) is 4.79 Å². The van der Waals surface area contributed by atoms with E-state index in [1.165, 1.54) is 0 Å². The van der Waals surface area contributed by atoms with Crippen LogP contribution in [0.2, 0.25) is 0 Å². The summed E-state index contributed by atoms with van der Waals surface area (Å²) >= 11 is 0. The van der Waals surface area contributed by atoms with Gasteiger partial charge in [0.15, 0.2) is 0 Å². The highest BCUT2D eigenvalue weighted by atomic mass is 16.5. The fourth-order valence-corrected chi connectivity index (χ4v) is 2.92. The number of benzene rings is 1. The lowest BCUT2D eigenvalue weighted by Gasteiger charge is -2.21. The number of carbonyl (C=O) groups excluding carboxylic acids is 1. The van der Waals surface area contributed by atoms with E-state index in [0.717, 1.165) is 36.3 Å². The summed E-state index contributed by atoms with van der Waals surface area (Å²) in [6.45, 7) is 6.35. The van der Waals surface area contributed by atoms with Gasteiger partial charge in [-0.25, -0.2) is 0 Å². The number of ether oxygens (including phenoxy) is 1. The molecule has 1 heterocycles. The topological polar surface area (TPSA) is 61.8 Å². The zero-order valence-electron chi connectivity index (χ0n) is 13.5. The second kappa shape index (κ2) is 8.15. The van der Waals surface area contributed by atoms with Crippen molar-refractivity contribution in [3.05, 3.63) is 29.3 Å². The average Bonchev–Trinajstić information content (AvgIpc) is 2.93. The highest BCUT2D eigenvalue weighted by Gasteiger charge is 2.25. The SMILES string of the molecule is Cc1cccc(C)c1OCCNC(=O)CN1CCC[C@@H]1CO. The number of aryl methyl sites for hydroxylation is 2. The third-order valence-corrected chi connectivity index (χ3v) is 4.14. The van der Waals surface area contributed by atoms with E-state index in [2.05, 4.69) is 5.32 Å². The van der Waals surface area contributed by atoms with Crippen molar-refractivity contribution in [1.82, 2.24) is 10.2 Å². The predicted molar refractivity (Wildman–Crippen MR) is 86.1 cm³/mol. The quantitative estimate of drug-likeness (QED) is 0.745. The molecule has 1 fully saturated rings. The van der Waals surface area contributed by atoms with Gasteiger partial charge in [-0.15, -0.1) is 0 Å². The molecule has 0 aromatic heterocycles. The zero-order valence-corrected chi connectivity index (χ0v) is 13.5. The van der Waals surface area contributed by atoms with Crippen LogP contribution in [0, 0.1) is 13.8 Å². The maximum atomic E-state index is 11.9. The Morgan fingerprint density at radius 1 is 1.41 bits per heavy atom. The molecule has 2 N–H and O–H groups in total. The minimum atomic E-state index is -0.00884. The van der Waals surface area contributed by atoms with Crippen LogP contribution in [0.5, 0.6) is 5.75 Å². The molecule has 2 rings (SSSR count). The second-order valence-electron chi connectivity index (χ2n) is 5.87. The number of aliphatic hydroxyl groups excluding tert-OH is 1. The molecular weight excluding hydrogens is 280 g/mol. The van der Waals surface area contributed by atoms with E-state index < -0.39 is 0 Å². The lowest BCUT2D eigenvalue weighted by molar-refractivity contribution is -0.122. The molecule has 5 heteroatoms. The number of hydrogen-bond donors (Lipinski definition) is 2. The Morgan fingerprint density at radius 2 is 2.14 bits per heavy atom. The molecule has 1 aromatic rings. The van der Waals surface area contributed by atoms with Crippen LogP contribution < -0.4 is 10.1 Å². The third kappa shape index (κ3) is 4.45. The number of likely N-dealkylation sites (tertiary alicyclic amines) is 1. The summed E-state index contributed by atoms with van der Waals surface area (Å²) < 4.78 is 5.76. The largest absolute Gasteiger partial charge is 0.491 e. The van der Waals surface area contributed by atoms with Gasteiger partial charge in [-0.1, -0.05) is 18.2 Å². The molecule has 1 saturated heterocycles. The Kier molecular flexibility index (Phi) is 6.21. The molecule has 1 aliphatic heterocycles. The summed E-state index contributed by atoms with van der Waals surface area (Å²) in [4.78, 5) is 14.0. The van der Waals surface area contributed by atoms with Gasteiger partial charge < -0.3 is 15.2 Å². The fourth-order valence-electron chi connectivity index (χ4n) is 2.92. The highest BCUT2D eigenvalue weighted by molar-refractivity contribution is 5.78. The monoisotopic (exact) mass is 306 g/mol. The van der Waals surface area contributed by atoms with Crippen LogP contribution in [0.4, 0.5) is 0 Å². The average molecular weight is 306 g/mol. The van der Waals surface area contributed by atoms with E-state index >= 15 is 0 Å². The highest BCUT2D eigenvalue weighted by Crippen LogP contribution is 2.21. The van der Waals surface area contributed by atoms with E-state index in [4.69, 9.17) is 4.74 Å². The molecule has 1 aromatic carbocycles. The minimum Gasteiger partial charge on any atom is -0.491 e. The van der Waals surface area contributed by atoms with Gasteiger partial charge in [-0.3, -0.25) is 9.69 Å². The van der Waals surface area contributed by atoms with E-state index in [0.29, 0.717) is 19.7 Å². The van der Waals surface area contributed by atoms with Gasteiger partial charge >= 0.3 is 0 Å². The Balaban J connectivity index is 1.69. The molecule has 1 amide bonds. The number of hydrogen-bond acceptors (Lipinski definition) is 4. The predicted octanol–water partition coefficient (Wildman–Crippen LogP) is 1.26. The maximum absolute atomic E-state index is 11.9. The Labute approximate surface area is 132 Å². The van der Waals surface area contributed by atoms with Gasteiger partial charge in [0.1, 0.15) is 12.4 Å². The molecule has 0 radical (unpaired) electrons. The summed E-state index contributed by atoms with van der Waals surface area (Å²) in [6, 6.07) is 6.18. The van der Waals surface area contributed by atoms with Crippen molar-refractivity contribution >= 4 is 5.91 Å². The van der Waals surface area contributed by atoms with Crippen molar-refractivity contribution in [1.29, 1.82) is 0 Å². The smallest absolute Gasteiger partial charge is 0.234 e. The van der Waals surface area contributed by atoms with Crippen LogP contribution >= 0.6 is 0 Å². The van der Waals surface area contributed by atoms with Gasteiger partial charge in [0.05, 0.1) is 19.7 Å². The van der Waals surface area contributed by atoms with Crippen LogP contribution in [0.1, 0.15) is 24.0 Å². The van der Waals surface area contributed by atoms with Crippen molar-refractivity contribution < 1.29 is 14.6 Å². The molecule has 1 atom stereocenters. The van der Waals surface area contributed by atoms with Crippen LogP contribution in [0.15, 0.2) is 18.2 Å². The molecule has 0 bridgehead atoms. The summed E-state index contributed by atoms with van der Waals surface area (Å²) in [5, 5.41) is 12.1. The molecule has 122 valence electrons. The van der Waals surface area contributed by atoms with E-state index in [1.807, 2.05) is 36.9 Å². The van der Waals surface area contributed by atoms with Gasteiger partial charge in [-0.05, 0) is 44.4 Å². The number of carbonyl (C=O) groups is 1. The summed E-state index contributed by atoms with van der Waals surface area (Å²) in [6.07, 6.45) is 2.02. The van der Waals surface area contributed by atoms with E-state index in [1.54, 1.807) is 0 Å². The molecule has 0 aliphatic carbocycles. The van der Waals surface area contributed by atoms with Gasteiger partial charge in [0.25, 0.3) is 0 Å². The lowest BCUT2D eigenvalue weighted by atomic mass is 10.1. The molecule has 0 saturated carbocycles. The van der Waals surface area contributed by atoms with Gasteiger partial charge in [0.2, 0.25) is 5.91 Å². The minimum absolute atomic E-state index is 0.00884. The summed E-state index contributed by atoms with van der Waals surface area (Å²) in [7, 11) is 0. The third-order valence-electron chi connectivity index (χ3n) is 4.14. The molecular formula is C17H26N2O3. The first kappa shape index (κ1) is 16.8. The van der Waals surface area contributed by atoms with Crippen LogP contribution in [-0.4, -0.2) is 54.8 Å². The lowest BCUT2D eigenvalue weighted by Crippen LogP contribution is -2.42. The molecule has 22 heavy (non-hydrogen) atoms. The van der Waals surface area contributed by atoms with Gasteiger partial charge in [0, 0.05) is 6.04 Å². The number of para-hydroxylation sites is 1. The maximum Gasteiger partial charge on any atom is 0.234 e. The molecule has 0 spiro atoms. The van der Waals surface area contributed by atoms with E-state index in [-0.39, 0.29) is 18.6 Å². The standard InChI is InChI=1S/C17H26N2O3/c1-13-5-3-6-14(2)17(13)22-10-8-18-16(21)11-19-9-4-7-15(19)12-20/h3,5-6,15,20H,4,7-12H2,1-2H3,(H,18,21)/t15-/m1/s1. The number of rotatable bonds is 7. The van der Waals surface area contributed by atoms with Crippen molar-refractivity contribution in [2.75, 3.05) is 32.8 Å². The Hall–Kier alpha value is -1.59. The number of amides is 1. The Bertz CT molecular complexity index is 484.